The van der Waals surface area contributed by atoms with Gasteiger partial charge in [0.2, 0.25) is 0 Å². The van der Waals surface area contributed by atoms with Gasteiger partial charge in [-0.3, -0.25) is 0 Å². The second kappa shape index (κ2) is 37.8. The van der Waals surface area contributed by atoms with Gasteiger partial charge in [0.05, 0.1) is 22.6 Å². The number of rotatable bonds is 17. The molecule has 0 saturated heterocycles. The highest BCUT2D eigenvalue weighted by Crippen LogP contribution is 2.74. The van der Waals surface area contributed by atoms with E-state index in [1.165, 1.54) is 109 Å². The number of halogens is 3. The first kappa shape index (κ1) is 89.7. The largest absolute Gasteiger partial charge is 0.455 e. The summed E-state index contributed by atoms with van der Waals surface area (Å²) in [6.07, 6.45) is 0. The predicted molar refractivity (Wildman–Crippen MR) is 623 cm³/mol. The normalized spacial score (nSPS) is 11.8. The van der Waals surface area contributed by atoms with Gasteiger partial charge in [0.1, 0.15) is 50.9 Å². The van der Waals surface area contributed by atoms with Gasteiger partial charge in [0.15, 0.2) is 0 Å². The predicted octanol–water partition coefficient (Wildman–Crippen LogP) is 41.9. The number of para-hydroxylation sites is 5. The average molecular weight is 2000 g/mol. The van der Waals surface area contributed by atoms with Crippen molar-refractivity contribution in [2.24, 2.45) is 0 Å². The first-order valence-electron chi connectivity index (χ1n) is 49.6. The van der Waals surface area contributed by atoms with Crippen molar-refractivity contribution in [1.82, 2.24) is 0 Å². The van der Waals surface area contributed by atoms with E-state index in [4.69, 9.17) is 13.3 Å². The molecule has 6 aromatic heterocycles. The van der Waals surface area contributed by atoms with Gasteiger partial charge in [-0.05, 0) is 245 Å². The van der Waals surface area contributed by atoms with Gasteiger partial charge in [0, 0.05) is 164 Å². The van der Waals surface area contributed by atoms with Crippen molar-refractivity contribution < 1.29 is 26.4 Å². The summed E-state index contributed by atoms with van der Waals surface area (Å²) in [7, 11) is -1.75. The Hall–Kier alpha value is -18.1. The number of nitrogens with zero attached hydrogens (tertiary/aromatic N) is 3. The van der Waals surface area contributed by atoms with Crippen molar-refractivity contribution in [3.63, 3.8) is 0 Å². The molecule has 0 N–H and O–H groups in total. The summed E-state index contributed by atoms with van der Waals surface area (Å²) in [6, 6.07) is 181. The molecule has 6 nitrogen and oxygen atoms in total. The van der Waals surface area contributed by atoms with Crippen LogP contribution in [0.15, 0.2) is 555 Å². The van der Waals surface area contributed by atoms with Crippen LogP contribution in [0.3, 0.4) is 0 Å². The van der Waals surface area contributed by atoms with E-state index in [1.807, 2.05) is 95.5 Å². The van der Waals surface area contributed by atoms with Crippen LogP contribution >= 0.6 is 44.0 Å². The lowest BCUT2D eigenvalue weighted by molar-refractivity contribution is 0.548. The van der Waals surface area contributed by atoms with E-state index in [2.05, 4.69) is 439 Å². The maximum atomic E-state index is 14.6. The van der Waals surface area contributed by atoms with Crippen molar-refractivity contribution >= 4 is 232 Å². The van der Waals surface area contributed by atoms with Crippen LogP contribution in [-0.4, -0.2) is 0 Å². The van der Waals surface area contributed by atoms with E-state index >= 15 is 0 Å². The van der Waals surface area contributed by atoms with E-state index in [1.54, 1.807) is 23.5 Å². The summed E-state index contributed by atoms with van der Waals surface area (Å²) >= 11 is 5.38. The SMILES string of the molecule is Fc1cc(F)c(-c2ccc(N(c3ccccc3)c3cccc4sc5ccc6c7ccccc7oc6c5c34)cc2)c(F)c1.c1ccc(-c2ccc(N(c3ccc(-c4ccccc4)cc3)c3cccc4sc5c6ccccc6c6c7ccccc7oc6c5c34)cc2)cc1.c1ccc(N(c2ccc(-c3ccc(S(c4ccccc4)(c4ccccc4)c4ccccc4)cc3)cc2)c2cccc3sc4ccc5c6ccccc6oc5c4c23)cc1. The minimum Gasteiger partial charge on any atom is -0.455 e. The van der Waals surface area contributed by atoms with E-state index < -0.39 is 27.5 Å². The zero-order chi connectivity index (χ0) is 99.2. The van der Waals surface area contributed by atoms with Gasteiger partial charge in [-0.15, -0.1) is 44.0 Å². The number of hydrogen-bond donors (Lipinski definition) is 0. The van der Waals surface area contributed by atoms with E-state index in [0.717, 1.165) is 132 Å². The molecule has 0 spiro atoms. The number of thiophene rings is 3. The van der Waals surface area contributed by atoms with Gasteiger partial charge >= 0.3 is 0 Å². The van der Waals surface area contributed by atoms with Crippen LogP contribution in [0.2, 0.25) is 0 Å². The topological polar surface area (TPSA) is 49.1 Å². The highest BCUT2D eigenvalue weighted by Gasteiger charge is 2.35. The standard InChI is InChI=1S/C54H37NOS2.C46H29NOS.C36H20F3NOS/c1-5-16-40(17-6-1)55(48-25-15-27-50-52(48)53-51(57-50)37-36-47-46-24-13-14-26-49(46)56-54(47)53)41-32-28-38(29-33-41)39-30-34-45(35-31-39)58(42-18-7-2-8-19-42,43-20-9-3-10-21-43)44-22-11-4-12-23-44;1-3-12-30(13-4-1)32-22-26-34(27-23-32)47(35-28-24-33(25-29-35)31-14-5-2-6-15-31)39-19-11-21-41-43(39)44-45-42(38-18-9-10-20-40(38)48-45)36-16-7-8-17-37(36)46(44)49-41;37-22-19-27(38)33(28(39)20-22)21-13-15-24(16-14-21)40(23-7-2-1-3-8-23)29-10-6-12-31-34(29)35-32(42-31)18-17-26-25-9-4-5-11-30(25)41-36(26)35/h1-37H;1-29H;1-20H. The molecule has 0 atom stereocenters. The van der Waals surface area contributed by atoms with E-state index in [9.17, 15) is 13.2 Å². The molecule has 0 aliphatic heterocycles. The Kier molecular flexibility index (Phi) is 22.8. The quantitative estimate of drug-likeness (QED) is 0.0905. The molecule has 0 aliphatic carbocycles. The first-order valence-corrected chi connectivity index (χ1v) is 53.7. The highest BCUT2D eigenvalue weighted by molar-refractivity contribution is 8.34. The summed E-state index contributed by atoms with van der Waals surface area (Å²) in [5.74, 6) is -2.83. The number of fused-ring (bicyclic) bond motifs is 24. The monoisotopic (exact) mass is 1990 g/mol. The Bertz CT molecular complexity index is 9910. The van der Waals surface area contributed by atoms with Crippen molar-refractivity contribution in [2.75, 3.05) is 14.7 Å². The molecule has 0 aliphatic rings. The van der Waals surface area contributed by atoms with Crippen LogP contribution in [0.5, 0.6) is 0 Å². The molecule has 0 amide bonds. The Morgan fingerprint density at radius 2 is 0.477 bits per heavy atom. The summed E-state index contributed by atoms with van der Waals surface area (Å²) in [6.45, 7) is 0. The number of anilines is 9. The summed E-state index contributed by atoms with van der Waals surface area (Å²) in [5.41, 5.74) is 22.0. The Balaban J connectivity index is 0.000000112. The van der Waals surface area contributed by atoms with Crippen LogP contribution < -0.4 is 14.7 Å². The molecular weight excluding hydrogens is 1910 g/mol. The number of benzene rings is 23. The fraction of sp³-hybridized carbons (Fsp3) is 0. The second-order valence-electron chi connectivity index (χ2n) is 37.1. The summed E-state index contributed by atoms with van der Waals surface area (Å²) in [5, 5.41) is 16.1. The molecule has 6 heterocycles. The maximum absolute atomic E-state index is 14.6. The van der Waals surface area contributed by atoms with Crippen LogP contribution in [-0.2, 0) is 0 Å². The number of furan rings is 3. The molecule has 708 valence electrons. The third kappa shape index (κ3) is 15.7. The minimum absolute atomic E-state index is 0.257. The maximum Gasteiger partial charge on any atom is 0.145 e. The molecule has 23 aromatic carbocycles. The minimum atomic E-state index is -1.75. The second-order valence-corrected chi connectivity index (χ2v) is 43.4. The Morgan fingerprint density at radius 1 is 0.188 bits per heavy atom. The van der Waals surface area contributed by atoms with Gasteiger partial charge in [-0.2, -0.15) is 0 Å². The third-order valence-corrected chi connectivity index (χ3v) is 35.9. The fourth-order valence-electron chi connectivity index (χ4n) is 21.9. The molecule has 29 rings (SSSR count). The highest BCUT2D eigenvalue weighted by atomic mass is 32.3. The zero-order valence-electron chi connectivity index (χ0n) is 80.0. The Morgan fingerprint density at radius 3 is 0.879 bits per heavy atom. The van der Waals surface area contributed by atoms with Crippen LogP contribution in [0.25, 0.3) is 182 Å². The smallest absolute Gasteiger partial charge is 0.145 e. The van der Waals surface area contributed by atoms with Crippen molar-refractivity contribution in [1.29, 1.82) is 0 Å². The first-order chi connectivity index (χ1) is 73.6. The lowest BCUT2D eigenvalue weighted by atomic mass is 9.99. The Labute approximate surface area is 869 Å². The van der Waals surface area contributed by atoms with Crippen LogP contribution in [0, 0.1) is 17.5 Å². The van der Waals surface area contributed by atoms with Gasteiger partial charge in [-0.1, -0.05) is 309 Å². The van der Waals surface area contributed by atoms with Crippen molar-refractivity contribution in [3.05, 3.63) is 539 Å². The molecule has 0 radical (unpaired) electrons. The number of hydrogen-bond acceptors (Lipinski definition) is 9. The van der Waals surface area contributed by atoms with E-state index in [-0.39, 0.29) is 5.56 Å². The molecule has 0 saturated carbocycles. The molecular formula is C136H86F3N3O3S4. The molecule has 29 aromatic rings. The summed E-state index contributed by atoms with van der Waals surface area (Å²) < 4.78 is 69.8. The van der Waals surface area contributed by atoms with Gasteiger partial charge in [0.25, 0.3) is 0 Å². The zero-order valence-corrected chi connectivity index (χ0v) is 83.3. The van der Waals surface area contributed by atoms with Crippen molar-refractivity contribution in [2.45, 2.75) is 19.6 Å². The van der Waals surface area contributed by atoms with Gasteiger partial charge < -0.3 is 28.0 Å². The molecule has 0 bridgehead atoms. The molecule has 13 heteroatoms. The van der Waals surface area contributed by atoms with Gasteiger partial charge in [-0.25, -0.2) is 13.2 Å². The lowest BCUT2D eigenvalue weighted by Gasteiger charge is -2.42. The molecule has 0 fully saturated rings. The van der Waals surface area contributed by atoms with Crippen LogP contribution in [0.1, 0.15) is 0 Å². The van der Waals surface area contributed by atoms with E-state index in [0.29, 0.717) is 17.7 Å². The molecule has 0 unspecified atom stereocenters. The average Bonchev–Trinajstić information content (AvgIpc) is 1.48. The summed E-state index contributed by atoms with van der Waals surface area (Å²) in [4.78, 5) is 12.2. The fourth-order valence-corrected chi connectivity index (χ4v) is 29.2. The lowest BCUT2D eigenvalue weighted by Crippen LogP contribution is -2.10. The van der Waals surface area contributed by atoms with Crippen LogP contribution in [0.4, 0.5) is 64.4 Å². The third-order valence-electron chi connectivity index (χ3n) is 28.5. The van der Waals surface area contributed by atoms with Crippen molar-refractivity contribution in [3.8, 4) is 44.5 Å². The molecule has 149 heavy (non-hydrogen) atoms.